The molecule has 2 aromatic carbocycles. The molecule has 0 saturated carbocycles. The van der Waals surface area contributed by atoms with Gasteiger partial charge in [-0.15, -0.1) is 0 Å². The molecule has 0 amide bonds. The van der Waals surface area contributed by atoms with Crippen LogP contribution in [0.3, 0.4) is 0 Å². The van der Waals surface area contributed by atoms with Crippen LogP contribution in [0, 0.1) is 6.92 Å². The second kappa shape index (κ2) is 4.28. The Labute approximate surface area is 89.7 Å². The standard InChI is InChI=1S/C14H14O/c1-11-8-9-12(5-4-10-15)14-7-3-2-6-13(11)14/h2-9,15H,10H2,1H3/b5-4-. The summed E-state index contributed by atoms with van der Waals surface area (Å²) in [6, 6.07) is 12.5. The van der Waals surface area contributed by atoms with Crippen molar-refractivity contribution < 1.29 is 5.11 Å². The monoisotopic (exact) mass is 198 g/mol. The summed E-state index contributed by atoms with van der Waals surface area (Å²) in [6.07, 6.45) is 3.72. The average Bonchev–Trinajstić information content (AvgIpc) is 2.29. The van der Waals surface area contributed by atoms with Crippen molar-refractivity contribution >= 4 is 16.8 Å². The minimum Gasteiger partial charge on any atom is -0.392 e. The molecule has 0 atom stereocenters. The van der Waals surface area contributed by atoms with E-state index in [1.165, 1.54) is 16.3 Å². The fraction of sp³-hybridized carbons (Fsp3) is 0.143. The van der Waals surface area contributed by atoms with Crippen molar-refractivity contribution in [3.8, 4) is 0 Å². The van der Waals surface area contributed by atoms with Crippen LogP contribution < -0.4 is 0 Å². The van der Waals surface area contributed by atoms with Crippen LogP contribution in [0.2, 0.25) is 0 Å². The van der Waals surface area contributed by atoms with E-state index in [1.807, 2.05) is 12.1 Å². The highest BCUT2D eigenvalue weighted by atomic mass is 16.2. The molecule has 0 fully saturated rings. The lowest BCUT2D eigenvalue weighted by Crippen LogP contribution is -1.82. The summed E-state index contributed by atoms with van der Waals surface area (Å²) in [4.78, 5) is 0. The molecule has 2 aromatic rings. The largest absolute Gasteiger partial charge is 0.392 e. The van der Waals surface area contributed by atoms with Crippen molar-refractivity contribution in [3.05, 3.63) is 53.6 Å². The highest BCUT2D eigenvalue weighted by Gasteiger charge is 1.99. The van der Waals surface area contributed by atoms with Gasteiger partial charge in [0.05, 0.1) is 6.61 Å². The molecular weight excluding hydrogens is 184 g/mol. The Morgan fingerprint density at radius 1 is 1.07 bits per heavy atom. The molecule has 0 aromatic heterocycles. The molecule has 1 N–H and O–H groups in total. The lowest BCUT2D eigenvalue weighted by molar-refractivity contribution is 0.343. The van der Waals surface area contributed by atoms with E-state index >= 15 is 0 Å². The number of rotatable bonds is 2. The fourth-order valence-electron chi connectivity index (χ4n) is 1.80. The number of aliphatic hydroxyl groups excluding tert-OH is 1. The Morgan fingerprint density at radius 3 is 2.53 bits per heavy atom. The number of hydrogen-bond donors (Lipinski definition) is 1. The van der Waals surface area contributed by atoms with Gasteiger partial charge in [0.2, 0.25) is 0 Å². The van der Waals surface area contributed by atoms with Crippen LogP contribution in [-0.2, 0) is 0 Å². The van der Waals surface area contributed by atoms with E-state index in [9.17, 15) is 0 Å². The Kier molecular flexibility index (Phi) is 2.84. The highest BCUT2D eigenvalue weighted by Crippen LogP contribution is 2.23. The number of hydrogen-bond acceptors (Lipinski definition) is 1. The molecule has 1 heteroatoms. The molecule has 1 nitrogen and oxygen atoms in total. The summed E-state index contributed by atoms with van der Waals surface area (Å²) in [7, 11) is 0. The molecule has 0 saturated heterocycles. The van der Waals surface area contributed by atoms with Crippen molar-refractivity contribution in [3.63, 3.8) is 0 Å². The van der Waals surface area contributed by atoms with E-state index in [2.05, 4.69) is 37.3 Å². The zero-order chi connectivity index (χ0) is 10.7. The van der Waals surface area contributed by atoms with Gasteiger partial charge in [-0.3, -0.25) is 0 Å². The molecule has 0 aliphatic carbocycles. The first-order valence-electron chi connectivity index (χ1n) is 5.08. The topological polar surface area (TPSA) is 20.2 Å². The van der Waals surface area contributed by atoms with Gasteiger partial charge in [0.25, 0.3) is 0 Å². The molecule has 0 unspecified atom stereocenters. The zero-order valence-electron chi connectivity index (χ0n) is 8.77. The van der Waals surface area contributed by atoms with Crippen molar-refractivity contribution in [2.24, 2.45) is 0 Å². The van der Waals surface area contributed by atoms with Gasteiger partial charge in [-0.2, -0.15) is 0 Å². The van der Waals surface area contributed by atoms with Crippen molar-refractivity contribution in [2.75, 3.05) is 6.61 Å². The molecule has 0 bridgehead atoms. The molecular formula is C14H14O. The van der Waals surface area contributed by atoms with Crippen molar-refractivity contribution in [1.82, 2.24) is 0 Å². The lowest BCUT2D eigenvalue weighted by Gasteiger charge is -2.05. The van der Waals surface area contributed by atoms with Gasteiger partial charge in [-0.1, -0.05) is 48.6 Å². The number of aliphatic hydroxyl groups is 1. The predicted molar refractivity (Wildman–Crippen MR) is 64.8 cm³/mol. The second-order valence-corrected chi connectivity index (χ2v) is 3.60. The van der Waals surface area contributed by atoms with E-state index in [4.69, 9.17) is 5.11 Å². The summed E-state index contributed by atoms with van der Waals surface area (Å²) in [5.74, 6) is 0. The van der Waals surface area contributed by atoms with E-state index < -0.39 is 0 Å². The molecule has 76 valence electrons. The Bertz CT molecular complexity index is 498. The fourth-order valence-corrected chi connectivity index (χ4v) is 1.80. The Morgan fingerprint density at radius 2 is 1.80 bits per heavy atom. The molecule has 15 heavy (non-hydrogen) atoms. The van der Waals surface area contributed by atoms with Gasteiger partial charge in [0.15, 0.2) is 0 Å². The SMILES string of the molecule is Cc1ccc(/C=C\CO)c2ccccc12. The highest BCUT2D eigenvalue weighted by molar-refractivity contribution is 5.92. The van der Waals surface area contributed by atoms with Gasteiger partial charge in [0.1, 0.15) is 0 Å². The van der Waals surface area contributed by atoms with Crippen LogP contribution in [0.4, 0.5) is 0 Å². The van der Waals surface area contributed by atoms with Crippen molar-refractivity contribution in [1.29, 1.82) is 0 Å². The summed E-state index contributed by atoms with van der Waals surface area (Å²) in [6.45, 7) is 2.20. The summed E-state index contributed by atoms with van der Waals surface area (Å²) in [5.41, 5.74) is 2.44. The summed E-state index contributed by atoms with van der Waals surface area (Å²) in [5, 5.41) is 11.3. The van der Waals surface area contributed by atoms with Crippen LogP contribution in [0.5, 0.6) is 0 Å². The summed E-state index contributed by atoms with van der Waals surface area (Å²) < 4.78 is 0. The molecule has 2 rings (SSSR count). The zero-order valence-corrected chi connectivity index (χ0v) is 8.77. The minimum absolute atomic E-state index is 0.0855. The molecule has 0 spiro atoms. The average molecular weight is 198 g/mol. The third kappa shape index (κ3) is 1.92. The first-order chi connectivity index (χ1) is 7.33. The van der Waals surface area contributed by atoms with Crippen LogP contribution in [0.1, 0.15) is 11.1 Å². The molecule has 0 aliphatic heterocycles. The molecule has 0 heterocycles. The predicted octanol–water partition coefficient (Wildman–Crippen LogP) is 3.15. The Balaban J connectivity index is 2.66. The van der Waals surface area contributed by atoms with Gasteiger partial charge in [-0.25, -0.2) is 0 Å². The Hall–Kier alpha value is -1.60. The van der Waals surface area contributed by atoms with Gasteiger partial charge in [0, 0.05) is 0 Å². The first kappa shape index (κ1) is 9.94. The molecule has 0 aliphatic rings. The van der Waals surface area contributed by atoms with E-state index in [-0.39, 0.29) is 6.61 Å². The quantitative estimate of drug-likeness (QED) is 0.786. The van der Waals surface area contributed by atoms with Crippen molar-refractivity contribution in [2.45, 2.75) is 6.92 Å². The summed E-state index contributed by atoms with van der Waals surface area (Å²) >= 11 is 0. The third-order valence-electron chi connectivity index (χ3n) is 2.58. The number of fused-ring (bicyclic) bond motifs is 1. The maximum absolute atomic E-state index is 8.77. The smallest absolute Gasteiger partial charge is 0.0615 e. The lowest BCUT2D eigenvalue weighted by atomic mass is 10.0. The third-order valence-corrected chi connectivity index (χ3v) is 2.58. The van der Waals surface area contributed by atoms with E-state index in [0.29, 0.717) is 0 Å². The van der Waals surface area contributed by atoms with Crippen LogP contribution >= 0.6 is 0 Å². The van der Waals surface area contributed by atoms with Gasteiger partial charge < -0.3 is 5.11 Å². The second-order valence-electron chi connectivity index (χ2n) is 3.60. The van der Waals surface area contributed by atoms with E-state index in [1.54, 1.807) is 6.08 Å². The van der Waals surface area contributed by atoms with Gasteiger partial charge in [-0.05, 0) is 28.8 Å². The van der Waals surface area contributed by atoms with Gasteiger partial charge >= 0.3 is 0 Å². The van der Waals surface area contributed by atoms with Crippen LogP contribution in [-0.4, -0.2) is 11.7 Å². The number of benzene rings is 2. The maximum Gasteiger partial charge on any atom is 0.0615 e. The maximum atomic E-state index is 8.77. The first-order valence-corrected chi connectivity index (χ1v) is 5.08. The normalized spacial score (nSPS) is 11.3. The van der Waals surface area contributed by atoms with Crippen LogP contribution in [0.25, 0.3) is 16.8 Å². The van der Waals surface area contributed by atoms with Crippen LogP contribution in [0.15, 0.2) is 42.5 Å². The number of aryl methyl sites for hydroxylation is 1. The minimum atomic E-state index is 0.0855. The molecule has 0 radical (unpaired) electrons. The van der Waals surface area contributed by atoms with E-state index in [0.717, 1.165) is 5.56 Å².